The topological polar surface area (TPSA) is 70.2 Å². The zero-order chi connectivity index (χ0) is 15.7. The fourth-order valence-corrected chi connectivity index (χ4v) is 3.24. The molecule has 0 unspecified atom stereocenters. The molecule has 4 amide bonds. The van der Waals surface area contributed by atoms with E-state index in [0.717, 1.165) is 25.7 Å². The number of nitrogens with zero attached hydrogens (tertiary/aromatic N) is 3. The Morgan fingerprint density at radius 3 is 2.45 bits per heavy atom. The molecule has 122 valence electrons. The first-order valence-electron chi connectivity index (χ1n) is 8.00. The number of rotatable bonds is 5. The third kappa shape index (κ3) is 2.95. The highest BCUT2D eigenvalue weighted by molar-refractivity contribution is 6.02. The number of urea groups is 1. The van der Waals surface area contributed by atoms with Crippen molar-refractivity contribution < 1.29 is 19.1 Å². The lowest BCUT2D eigenvalue weighted by Gasteiger charge is -2.36. The van der Waals surface area contributed by atoms with Gasteiger partial charge in [-0.3, -0.25) is 14.5 Å². The standard InChI is InChI=1S/C15H23N3O4/c1-22-9-8-17-13(19)10-18(15(17)21)12-4-6-16(7-5-12)14(20)11-2-3-11/h11-12H,2-10H2,1H3. The number of piperidine rings is 1. The van der Waals surface area contributed by atoms with Crippen LogP contribution in [0.3, 0.4) is 0 Å². The summed E-state index contributed by atoms with van der Waals surface area (Å²) >= 11 is 0. The van der Waals surface area contributed by atoms with Crippen LogP contribution in [-0.4, -0.2) is 78.5 Å². The Bertz CT molecular complexity index is 469. The molecule has 0 atom stereocenters. The summed E-state index contributed by atoms with van der Waals surface area (Å²) in [4.78, 5) is 41.2. The quantitative estimate of drug-likeness (QED) is 0.685. The van der Waals surface area contributed by atoms with Crippen molar-refractivity contribution >= 4 is 17.8 Å². The molecule has 22 heavy (non-hydrogen) atoms. The molecule has 2 heterocycles. The van der Waals surface area contributed by atoms with Gasteiger partial charge in [0.1, 0.15) is 6.54 Å². The summed E-state index contributed by atoms with van der Waals surface area (Å²) in [6.07, 6.45) is 3.56. The maximum absolute atomic E-state index is 12.3. The predicted molar refractivity (Wildman–Crippen MR) is 78.0 cm³/mol. The average Bonchev–Trinajstić information content (AvgIpc) is 3.33. The molecule has 0 aromatic carbocycles. The van der Waals surface area contributed by atoms with Crippen molar-refractivity contribution in [1.29, 1.82) is 0 Å². The Hall–Kier alpha value is -1.63. The second-order valence-corrected chi connectivity index (χ2v) is 6.28. The molecular formula is C15H23N3O4. The SMILES string of the molecule is COCCN1C(=O)CN(C2CCN(C(=O)C3CC3)CC2)C1=O. The van der Waals surface area contributed by atoms with Crippen molar-refractivity contribution in [3.05, 3.63) is 0 Å². The van der Waals surface area contributed by atoms with Crippen LogP contribution in [0.2, 0.25) is 0 Å². The summed E-state index contributed by atoms with van der Waals surface area (Å²) in [5, 5.41) is 0. The highest BCUT2D eigenvalue weighted by Crippen LogP contribution is 2.32. The molecule has 1 saturated carbocycles. The predicted octanol–water partition coefficient (Wildman–Crippen LogP) is 0.298. The van der Waals surface area contributed by atoms with Crippen molar-refractivity contribution in [2.45, 2.75) is 31.7 Å². The van der Waals surface area contributed by atoms with Gasteiger partial charge in [-0.25, -0.2) is 4.79 Å². The van der Waals surface area contributed by atoms with Crippen LogP contribution >= 0.6 is 0 Å². The Balaban J connectivity index is 1.53. The van der Waals surface area contributed by atoms with E-state index in [1.165, 1.54) is 4.90 Å². The van der Waals surface area contributed by atoms with Crippen LogP contribution in [0, 0.1) is 5.92 Å². The number of carbonyl (C=O) groups is 3. The number of hydrogen-bond acceptors (Lipinski definition) is 4. The first-order valence-corrected chi connectivity index (χ1v) is 8.00. The lowest BCUT2D eigenvalue weighted by atomic mass is 10.0. The van der Waals surface area contributed by atoms with Gasteiger partial charge in [-0.15, -0.1) is 0 Å². The van der Waals surface area contributed by atoms with E-state index in [1.54, 1.807) is 12.0 Å². The Morgan fingerprint density at radius 2 is 1.86 bits per heavy atom. The van der Waals surface area contributed by atoms with E-state index in [1.807, 2.05) is 4.90 Å². The van der Waals surface area contributed by atoms with Gasteiger partial charge in [-0.05, 0) is 25.7 Å². The first kappa shape index (κ1) is 15.3. The minimum absolute atomic E-state index is 0.0623. The van der Waals surface area contributed by atoms with Crippen LogP contribution in [0.15, 0.2) is 0 Å². The van der Waals surface area contributed by atoms with Crippen molar-refractivity contribution in [3.8, 4) is 0 Å². The largest absolute Gasteiger partial charge is 0.383 e. The van der Waals surface area contributed by atoms with E-state index in [-0.39, 0.29) is 36.3 Å². The Labute approximate surface area is 130 Å². The number of amides is 4. The molecule has 3 aliphatic rings. The number of ether oxygens (including phenoxy) is 1. The second kappa shape index (κ2) is 6.24. The van der Waals surface area contributed by atoms with Crippen LogP contribution in [0.25, 0.3) is 0 Å². The molecule has 0 spiro atoms. The molecule has 2 aliphatic heterocycles. The Kier molecular flexibility index (Phi) is 4.33. The van der Waals surface area contributed by atoms with Crippen LogP contribution in [0.5, 0.6) is 0 Å². The summed E-state index contributed by atoms with van der Waals surface area (Å²) < 4.78 is 4.94. The number of likely N-dealkylation sites (tertiary alicyclic amines) is 1. The molecule has 0 aromatic rings. The molecule has 0 N–H and O–H groups in total. The summed E-state index contributed by atoms with van der Waals surface area (Å²) in [5.41, 5.74) is 0. The third-order valence-electron chi connectivity index (χ3n) is 4.75. The summed E-state index contributed by atoms with van der Waals surface area (Å²) in [6.45, 7) is 2.21. The first-order chi connectivity index (χ1) is 10.6. The molecule has 0 radical (unpaired) electrons. The maximum atomic E-state index is 12.3. The highest BCUT2D eigenvalue weighted by Gasteiger charge is 2.41. The van der Waals surface area contributed by atoms with Crippen LogP contribution in [-0.2, 0) is 14.3 Å². The fourth-order valence-electron chi connectivity index (χ4n) is 3.24. The van der Waals surface area contributed by atoms with E-state index in [0.29, 0.717) is 26.2 Å². The van der Waals surface area contributed by atoms with Gasteiger partial charge in [0.2, 0.25) is 11.8 Å². The molecular weight excluding hydrogens is 286 g/mol. The van der Waals surface area contributed by atoms with Crippen LogP contribution in [0.1, 0.15) is 25.7 Å². The lowest BCUT2D eigenvalue weighted by molar-refractivity contribution is -0.134. The van der Waals surface area contributed by atoms with Crippen molar-refractivity contribution in [3.63, 3.8) is 0 Å². The average molecular weight is 309 g/mol. The van der Waals surface area contributed by atoms with E-state index in [9.17, 15) is 14.4 Å². The third-order valence-corrected chi connectivity index (χ3v) is 4.75. The Morgan fingerprint density at radius 1 is 1.18 bits per heavy atom. The van der Waals surface area contributed by atoms with Gasteiger partial charge in [-0.2, -0.15) is 0 Å². The fraction of sp³-hybridized carbons (Fsp3) is 0.800. The minimum Gasteiger partial charge on any atom is -0.383 e. The van der Waals surface area contributed by atoms with E-state index >= 15 is 0 Å². The molecule has 0 bridgehead atoms. The summed E-state index contributed by atoms with van der Waals surface area (Å²) in [7, 11) is 1.55. The van der Waals surface area contributed by atoms with E-state index in [2.05, 4.69) is 0 Å². The van der Waals surface area contributed by atoms with Crippen molar-refractivity contribution in [2.75, 3.05) is 39.9 Å². The zero-order valence-corrected chi connectivity index (χ0v) is 13.0. The number of hydrogen-bond donors (Lipinski definition) is 0. The molecule has 7 heteroatoms. The van der Waals surface area contributed by atoms with E-state index in [4.69, 9.17) is 4.74 Å². The highest BCUT2D eigenvalue weighted by atomic mass is 16.5. The van der Waals surface area contributed by atoms with Crippen molar-refractivity contribution in [2.24, 2.45) is 5.92 Å². The summed E-state index contributed by atoms with van der Waals surface area (Å²) in [5.74, 6) is 0.360. The monoisotopic (exact) mass is 309 g/mol. The van der Waals surface area contributed by atoms with Gasteiger partial charge < -0.3 is 14.5 Å². The normalized spacial score (nSPS) is 23.6. The van der Waals surface area contributed by atoms with Crippen molar-refractivity contribution in [1.82, 2.24) is 14.7 Å². The number of carbonyl (C=O) groups excluding carboxylic acids is 3. The minimum atomic E-state index is -0.214. The second-order valence-electron chi connectivity index (χ2n) is 6.28. The molecule has 7 nitrogen and oxygen atoms in total. The van der Waals surface area contributed by atoms with Gasteiger partial charge in [0.05, 0.1) is 13.2 Å². The molecule has 3 rings (SSSR count). The molecule has 1 aliphatic carbocycles. The van der Waals surface area contributed by atoms with Gasteiger partial charge in [0, 0.05) is 32.2 Å². The molecule has 3 fully saturated rings. The van der Waals surface area contributed by atoms with Crippen LogP contribution < -0.4 is 0 Å². The van der Waals surface area contributed by atoms with Crippen LogP contribution in [0.4, 0.5) is 4.79 Å². The maximum Gasteiger partial charge on any atom is 0.327 e. The van der Waals surface area contributed by atoms with Gasteiger partial charge in [-0.1, -0.05) is 0 Å². The number of methoxy groups -OCH3 is 1. The van der Waals surface area contributed by atoms with E-state index < -0.39 is 0 Å². The smallest absolute Gasteiger partial charge is 0.327 e. The lowest BCUT2D eigenvalue weighted by Crippen LogP contribution is -2.48. The number of imide groups is 1. The van der Waals surface area contributed by atoms with Gasteiger partial charge in [0.25, 0.3) is 0 Å². The molecule has 2 saturated heterocycles. The van der Waals surface area contributed by atoms with Gasteiger partial charge >= 0.3 is 6.03 Å². The zero-order valence-electron chi connectivity index (χ0n) is 13.0. The van der Waals surface area contributed by atoms with Gasteiger partial charge in [0.15, 0.2) is 0 Å². The summed E-state index contributed by atoms with van der Waals surface area (Å²) in [6, 6.07) is -0.152. The molecule has 0 aromatic heterocycles.